The summed E-state index contributed by atoms with van der Waals surface area (Å²) in [7, 11) is 0. The van der Waals surface area contributed by atoms with Crippen LogP contribution in [-0.2, 0) is 0 Å². The van der Waals surface area contributed by atoms with E-state index in [2.05, 4.69) is 10.2 Å². The zero-order chi connectivity index (χ0) is 14.4. The van der Waals surface area contributed by atoms with Gasteiger partial charge >= 0.3 is 0 Å². The lowest BCUT2D eigenvalue weighted by atomic mass is 9.96. The molecule has 4 heterocycles. The fraction of sp³-hybridized carbons (Fsp3) is 0.438. The summed E-state index contributed by atoms with van der Waals surface area (Å²) in [5.74, 6) is 0.768. The summed E-state index contributed by atoms with van der Waals surface area (Å²) in [6, 6.07) is 5.85. The largest absolute Gasteiger partial charge is 0.348 e. The minimum absolute atomic E-state index is 0.00854. The maximum atomic E-state index is 12.4. The van der Waals surface area contributed by atoms with Gasteiger partial charge in [0, 0.05) is 31.5 Å². The van der Waals surface area contributed by atoms with Gasteiger partial charge in [0.15, 0.2) is 0 Å². The van der Waals surface area contributed by atoms with Crippen LogP contribution in [0.3, 0.4) is 0 Å². The second-order valence-electron chi connectivity index (χ2n) is 6.19. The maximum absolute atomic E-state index is 12.4. The third-order valence-electron chi connectivity index (χ3n) is 4.67. The van der Waals surface area contributed by atoms with E-state index in [4.69, 9.17) is 11.6 Å². The van der Waals surface area contributed by atoms with Crippen molar-refractivity contribution in [3.05, 3.63) is 41.2 Å². The van der Waals surface area contributed by atoms with E-state index in [1.807, 2.05) is 35.0 Å². The molecular weight excluding hydrogens is 286 g/mol. The van der Waals surface area contributed by atoms with E-state index < -0.39 is 0 Å². The Kier molecular flexibility index (Phi) is 3.16. The molecule has 1 unspecified atom stereocenters. The zero-order valence-electron chi connectivity index (χ0n) is 11.8. The molecule has 0 saturated carbocycles. The van der Waals surface area contributed by atoms with Gasteiger partial charge in [-0.25, -0.2) is 0 Å². The average Bonchev–Trinajstić information content (AvgIpc) is 3.02. The van der Waals surface area contributed by atoms with Gasteiger partial charge in [0.05, 0.1) is 16.1 Å². The van der Waals surface area contributed by atoms with Crippen molar-refractivity contribution in [2.24, 2.45) is 5.92 Å². The van der Waals surface area contributed by atoms with Gasteiger partial charge in [-0.15, -0.1) is 0 Å². The van der Waals surface area contributed by atoms with Crippen LogP contribution < -0.4 is 5.32 Å². The van der Waals surface area contributed by atoms with Gasteiger partial charge in [0.25, 0.3) is 5.91 Å². The van der Waals surface area contributed by atoms with Crippen LogP contribution in [0.15, 0.2) is 30.6 Å². The number of rotatable bonds is 2. The van der Waals surface area contributed by atoms with Crippen molar-refractivity contribution in [2.75, 3.05) is 19.6 Å². The van der Waals surface area contributed by atoms with E-state index in [0.717, 1.165) is 24.4 Å². The Morgan fingerprint density at radius 2 is 2.19 bits per heavy atom. The van der Waals surface area contributed by atoms with Crippen molar-refractivity contribution >= 4 is 23.0 Å². The number of aromatic nitrogens is 1. The molecule has 2 aromatic rings. The Labute approximate surface area is 128 Å². The average molecular weight is 304 g/mol. The van der Waals surface area contributed by atoms with Gasteiger partial charge in [-0.2, -0.15) is 0 Å². The summed E-state index contributed by atoms with van der Waals surface area (Å²) in [6.45, 7) is 3.38. The number of pyridine rings is 1. The quantitative estimate of drug-likeness (QED) is 0.925. The number of fused-ring (bicyclic) bond motifs is 3. The summed E-state index contributed by atoms with van der Waals surface area (Å²) in [6.07, 6.45) is 6.11. The van der Waals surface area contributed by atoms with Crippen LogP contribution in [0, 0.1) is 5.92 Å². The minimum atomic E-state index is 0.00854. The highest BCUT2D eigenvalue weighted by Gasteiger charge is 2.32. The van der Waals surface area contributed by atoms with Crippen molar-refractivity contribution in [3.8, 4) is 0 Å². The fourth-order valence-electron chi connectivity index (χ4n) is 3.64. The minimum Gasteiger partial charge on any atom is -0.348 e. The Balaban J connectivity index is 1.50. The lowest BCUT2D eigenvalue weighted by molar-refractivity contribution is 0.0909. The molecule has 2 aliphatic heterocycles. The second kappa shape index (κ2) is 5.04. The molecule has 1 N–H and O–H groups in total. The molecule has 2 saturated heterocycles. The van der Waals surface area contributed by atoms with Crippen LogP contribution in [0.2, 0.25) is 5.02 Å². The van der Waals surface area contributed by atoms with E-state index in [-0.39, 0.29) is 11.9 Å². The monoisotopic (exact) mass is 303 g/mol. The van der Waals surface area contributed by atoms with E-state index in [1.165, 1.54) is 19.5 Å². The summed E-state index contributed by atoms with van der Waals surface area (Å²) in [4.78, 5) is 14.9. The highest BCUT2D eigenvalue weighted by molar-refractivity contribution is 6.34. The first-order chi connectivity index (χ1) is 10.2. The Morgan fingerprint density at radius 1 is 1.29 bits per heavy atom. The van der Waals surface area contributed by atoms with Gasteiger partial charge in [0.2, 0.25) is 0 Å². The third kappa shape index (κ3) is 2.43. The van der Waals surface area contributed by atoms with Crippen molar-refractivity contribution < 1.29 is 4.79 Å². The number of amides is 1. The van der Waals surface area contributed by atoms with E-state index in [0.29, 0.717) is 10.6 Å². The summed E-state index contributed by atoms with van der Waals surface area (Å²) in [5.41, 5.74) is 1.61. The first-order valence-corrected chi connectivity index (χ1v) is 7.86. The van der Waals surface area contributed by atoms with E-state index in [1.54, 1.807) is 0 Å². The second-order valence-corrected chi connectivity index (χ2v) is 6.60. The standard InChI is InChI=1S/C16H18ClN3O/c17-14-4-6-20-9-12(1-2-15(14)20)16(21)18-13-7-11-3-5-19(8-11)10-13/h1-2,4,6,9,11,13H,3,5,7-8,10H2,(H,18,21)/t11-,13+/m0/s1. The van der Waals surface area contributed by atoms with Gasteiger partial charge in [-0.3, -0.25) is 4.79 Å². The molecule has 1 amide bonds. The number of nitrogens with one attached hydrogen (secondary N) is 1. The number of hydrogen-bond donors (Lipinski definition) is 1. The normalized spacial score (nSPS) is 28.0. The fourth-order valence-corrected chi connectivity index (χ4v) is 3.86. The summed E-state index contributed by atoms with van der Waals surface area (Å²) < 4.78 is 1.89. The number of carbonyl (C=O) groups excluding carboxylic acids is 1. The molecule has 0 radical (unpaired) electrons. The molecule has 110 valence electrons. The van der Waals surface area contributed by atoms with Crippen LogP contribution in [0.4, 0.5) is 0 Å². The number of piperidine rings is 1. The molecule has 0 spiro atoms. The van der Waals surface area contributed by atoms with Crippen molar-refractivity contribution in [3.63, 3.8) is 0 Å². The van der Waals surface area contributed by atoms with E-state index >= 15 is 0 Å². The van der Waals surface area contributed by atoms with Gasteiger partial charge in [0.1, 0.15) is 0 Å². The molecule has 2 bridgehead atoms. The SMILES string of the molecule is O=C(N[C@@H]1C[C@@H]2CCN(C2)C1)c1ccc2c(Cl)ccn2c1. The first kappa shape index (κ1) is 13.2. The molecule has 0 aromatic carbocycles. The number of hydrogen-bond acceptors (Lipinski definition) is 2. The van der Waals surface area contributed by atoms with Gasteiger partial charge < -0.3 is 14.6 Å². The number of halogens is 1. The summed E-state index contributed by atoms with van der Waals surface area (Å²) >= 11 is 6.07. The number of carbonyl (C=O) groups is 1. The molecule has 21 heavy (non-hydrogen) atoms. The number of nitrogens with zero attached hydrogens (tertiary/aromatic N) is 2. The van der Waals surface area contributed by atoms with Crippen LogP contribution in [0.1, 0.15) is 23.2 Å². The third-order valence-corrected chi connectivity index (χ3v) is 4.99. The van der Waals surface area contributed by atoms with Crippen molar-refractivity contribution in [1.82, 2.24) is 14.6 Å². The molecule has 0 aliphatic carbocycles. The van der Waals surface area contributed by atoms with Crippen LogP contribution >= 0.6 is 11.6 Å². The molecule has 3 atom stereocenters. The topological polar surface area (TPSA) is 36.8 Å². The molecule has 2 aromatic heterocycles. The maximum Gasteiger partial charge on any atom is 0.253 e. The van der Waals surface area contributed by atoms with Crippen LogP contribution in [0.5, 0.6) is 0 Å². The molecule has 5 heteroatoms. The summed E-state index contributed by atoms with van der Waals surface area (Å²) in [5, 5.41) is 3.89. The molecule has 4 rings (SSSR count). The van der Waals surface area contributed by atoms with Crippen molar-refractivity contribution in [2.45, 2.75) is 18.9 Å². The smallest absolute Gasteiger partial charge is 0.253 e. The Hall–Kier alpha value is -1.52. The molecular formula is C16H18ClN3O. The lowest BCUT2D eigenvalue weighted by Crippen LogP contribution is -2.47. The predicted molar refractivity (Wildman–Crippen MR) is 82.8 cm³/mol. The van der Waals surface area contributed by atoms with Crippen molar-refractivity contribution in [1.29, 1.82) is 0 Å². The van der Waals surface area contributed by atoms with Crippen LogP contribution in [0.25, 0.3) is 5.52 Å². The Bertz CT molecular complexity index is 684. The van der Waals surface area contributed by atoms with E-state index in [9.17, 15) is 4.79 Å². The van der Waals surface area contributed by atoms with Gasteiger partial charge in [-0.05, 0) is 43.5 Å². The lowest BCUT2D eigenvalue weighted by Gasteiger charge is -2.30. The predicted octanol–water partition coefficient (Wildman–Crippen LogP) is 2.42. The van der Waals surface area contributed by atoms with Crippen LogP contribution in [-0.4, -0.2) is 40.9 Å². The molecule has 2 fully saturated rings. The van der Waals surface area contributed by atoms with Gasteiger partial charge in [-0.1, -0.05) is 11.6 Å². The molecule has 4 nitrogen and oxygen atoms in total. The zero-order valence-corrected chi connectivity index (χ0v) is 12.5. The first-order valence-electron chi connectivity index (χ1n) is 7.48. The Morgan fingerprint density at radius 3 is 3.05 bits per heavy atom. The molecule has 2 aliphatic rings. The highest BCUT2D eigenvalue weighted by atomic mass is 35.5. The highest BCUT2D eigenvalue weighted by Crippen LogP contribution is 2.27.